The van der Waals surface area contributed by atoms with Gasteiger partial charge < -0.3 is 14.6 Å². The second kappa shape index (κ2) is 10.4. The molecule has 164 valence electrons. The molecule has 3 rings (SSSR count). The molecule has 0 bridgehead atoms. The maximum absolute atomic E-state index is 10.3. The van der Waals surface area contributed by atoms with Crippen LogP contribution in [-0.2, 0) is 4.74 Å². The van der Waals surface area contributed by atoms with Crippen molar-refractivity contribution in [3.8, 4) is 23.8 Å². The Hall–Kier alpha value is -3.95. The lowest BCUT2D eigenvalue weighted by Crippen LogP contribution is -2.30. The van der Waals surface area contributed by atoms with Crippen molar-refractivity contribution in [1.29, 1.82) is 0 Å². The van der Waals surface area contributed by atoms with Gasteiger partial charge in [0.15, 0.2) is 0 Å². The Labute approximate surface area is 188 Å². The highest BCUT2D eigenvalue weighted by Crippen LogP contribution is 2.27. The highest BCUT2D eigenvalue weighted by atomic mass is 16.5. The van der Waals surface area contributed by atoms with Crippen LogP contribution in [0, 0.1) is 19.3 Å². The quantitative estimate of drug-likeness (QED) is 0.288. The monoisotopic (exact) mass is 429 g/mol. The summed E-state index contributed by atoms with van der Waals surface area (Å²) in [6, 6.07) is 7.29. The number of aromatic nitrogens is 1. The van der Waals surface area contributed by atoms with E-state index in [1.165, 1.54) is 5.01 Å². The lowest BCUT2D eigenvalue weighted by Gasteiger charge is -2.19. The number of anilines is 1. The van der Waals surface area contributed by atoms with Gasteiger partial charge in [0.25, 0.3) is 0 Å². The number of nitrogens with two attached hydrogens (primary N) is 1. The van der Waals surface area contributed by atoms with Gasteiger partial charge >= 0.3 is 0 Å². The predicted molar refractivity (Wildman–Crippen MR) is 128 cm³/mol. The molecule has 3 N–H and O–H groups in total. The third-order valence-corrected chi connectivity index (χ3v) is 5.06. The number of ether oxygens (including phenoxy) is 2. The Balaban J connectivity index is 1.80. The Morgan fingerprint density at radius 3 is 2.88 bits per heavy atom. The molecule has 32 heavy (non-hydrogen) atoms. The molecule has 1 heterocycles. The van der Waals surface area contributed by atoms with Crippen molar-refractivity contribution in [1.82, 2.24) is 4.98 Å². The highest BCUT2D eigenvalue weighted by molar-refractivity contribution is 5.55. The van der Waals surface area contributed by atoms with Gasteiger partial charge in [0.05, 0.1) is 23.9 Å². The topological polar surface area (TPSA) is 80.8 Å². The number of pyridine rings is 1. The SMILES string of the molecule is C#CC(=C)CC/C=C(/O)N(N)c1ccc(Oc2ccnc3c2=CCC(OC)=CC=3)c(C)c1. The first kappa shape index (κ1) is 22.7. The van der Waals surface area contributed by atoms with Crippen molar-refractivity contribution >= 4 is 17.8 Å². The average Bonchev–Trinajstić information content (AvgIpc) is 3.02. The summed E-state index contributed by atoms with van der Waals surface area (Å²) in [6.07, 6.45) is 16.3. The van der Waals surface area contributed by atoms with Crippen LogP contribution in [0.1, 0.15) is 24.8 Å². The molecule has 0 unspecified atom stereocenters. The second-order valence-electron chi connectivity index (χ2n) is 7.29. The zero-order valence-corrected chi connectivity index (χ0v) is 18.3. The van der Waals surface area contributed by atoms with E-state index in [4.69, 9.17) is 21.7 Å². The molecule has 0 spiro atoms. The number of methoxy groups -OCH3 is 1. The van der Waals surface area contributed by atoms with Gasteiger partial charge in [-0.3, -0.25) is 4.98 Å². The summed E-state index contributed by atoms with van der Waals surface area (Å²) in [5, 5.41) is 13.2. The summed E-state index contributed by atoms with van der Waals surface area (Å²) in [5.41, 5.74) is 2.17. The van der Waals surface area contributed by atoms with Crippen LogP contribution >= 0.6 is 0 Å². The zero-order valence-electron chi connectivity index (χ0n) is 18.3. The lowest BCUT2D eigenvalue weighted by atomic mass is 10.1. The number of hydrazine groups is 1. The van der Waals surface area contributed by atoms with Gasteiger partial charge in [-0.15, -0.1) is 6.42 Å². The van der Waals surface area contributed by atoms with Crippen molar-refractivity contribution in [3.63, 3.8) is 0 Å². The van der Waals surface area contributed by atoms with Gasteiger partial charge in [-0.1, -0.05) is 18.6 Å². The van der Waals surface area contributed by atoms with Crippen LogP contribution in [-0.4, -0.2) is 17.2 Å². The van der Waals surface area contributed by atoms with E-state index in [2.05, 4.69) is 17.5 Å². The van der Waals surface area contributed by atoms with Crippen LogP contribution in [0.4, 0.5) is 5.69 Å². The Morgan fingerprint density at radius 2 is 2.16 bits per heavy atom. The number of rotatable bonds is 8. The number of allylic oxidation sites excluding steroid dienone is 4. The van der Waals surface area contributed by atoms with Crippen LogP contribution < -0.4 is 26.2 Å². The number of aliphatic hydroxyl groups is 1. The largest absolute Gasteiger partial charge is 0.501 e. The fourth-order valence-electron chi connectivity index (χ4n) is 3.19. The number of fused-ring (bicyclic) bond motifs is 1. The van der Waals surface area contributed by atoms with Crippen molar-refractivity contribution in [2.45, 2.75) is 26.2 Å². The van der Waals surface area contributed by atoms with E-state index in [9.17, 15) is 5.11 Å². The smallest absolute Gasteiger partial charge is 0.201 e. The molecule has 1 aliphatic carbocycles. The van der Waals surface area contributed by atoms with Crippen LogP contribution in [0.3, 0.4) is 0 Å². The fourth-order valence-corrected chi connectivity index (χ4v) is 3.19. The highest BCUT2D eigenvalue weighted by Gasteiger charge is 2.11. The first-order chi connectivity index (χ1) is 15.4. The maximum Gasteiger partial charge on any atom is 0.201 e. The fraction of sp³-hybridized carbons (Fsp3) is 0.192. The van der Waals surface area contributed by atoms with Crippen LogP contribution in [0.5, 0.6) is 11.5 Å². The minimum Gasteiger partial charge on any atom is -0.501 e. The average molecular weight is 430 g/mol. The van der Waals surface area contributed by atoms with Gasteiger partial charge in [0.1, 0.15) is 11.5 Å². The number of benzene rings is 1. The number of nitrogens with zero attached hydrogens (tertiary/aromatic N) is 2. The first-order valence-electron chi connectivity index (χ1n) is 10.2. The van der Waals surface area contributed by atoms with Crippen LogP contribution in [0.2, 0.25) is 0 Å². The molecule has 0 aliphatic heterocycles. The third kappa shape index (κ3) is 5.39. The van der Waals surface area contributed by atoms with E-state index < -0.39 is 0 Å². The molecule has 2 aromatic rings. The summed E-state index contributed by atoms with van der Waals surface area (Å²) in [6.45, 7) is 5.67. The number of hydrogen-bond donors (Lipinski definition) is 2. The Morgan fingerprint density at radius 1 is 1.34 bits per heavy atom. The van der Waals surface area contributed by atoms with E-state index in [-0.39, 0.29) is 5.88 Å². The Bertz CT molecular complexity index is 1240. The van der Waals surface area contributed by atoms with Crippen molar-refractivity contribution in [2.75, 3.05) is 12.1 Å². The van der Waals surface area contributed by atoms with E-state index in [1.54, 1.807) is 25.4 Å². The number of aliphatic hydroxyl groups excluding tert-OH is 1. The minimum absolute atomic E-state index is 0.0612. The summed E-state index contributed by atoms with van der Waals surface area (Å²) in [5.74, 6) is 10.7. The molecule has 6 heteroatoms. The Kier molecular flexibility index (Phi) is 7.37. The number of aryl methyl sites for hydroxylation is 1. The lowest BCUT2D eigenvalue weighted by molar-refractivity contribution is 0.287. The molecule has 0 atom stereocenters. The molecular weight excluding hydrogens is 402 g/mol. The van der Waals surface area contributed by atoms with Gasteiger partial charge in [0, 0.05) is 17.8 Å². The van der Waals surface area contributed by atoms with Crippen LogP contribution in [0.25, 0.3) is 12.2 Å². The minimum atomic E-state index is -0.0612. The zero-order chi connectivity index (χ0) is 23.1. The predicted octanol–water partition coefficient (Wildman–Crippen LogP) is 3.73. The summed E-state index contributed by atoms with van der Waals surface area (Å²) >= 11 is 0. The summed E-state index contributed by atoms with van der Waals surface area (Å²) in [4.78, 5) is 4.43. The molecule has 6 nitrogen and oxygen atoms in total. The molecule has 0 radical (unpaired) electrons. The number of terminal acetylenes is 1. The van der Waals surface area contributed by atoms with E-state index in [1.807, 2.05) is 43.4 Å². The molecule has 0 saturated heterocycles. The summed E-state index contributed by atoms with van der Waals surface area (Å²) < 4.78 is 11.6. The molecule has 1 aliphatic rings. The second-order valence-corrected chi connectivity index (χ2v) is 7.29. The van der Waals surface area contributed by atoms with E-state index in [0.29, 0.717) is 42.0 Å². The first-order valence-corrected chi connectivity index (χ1v) is 10.2. The van der Waals surface area contributed by atoms with Crippen molar-refractivity contribution < 1.29 is 14.6 Å². The van der Waals surface area contributed by atoms with E-state index >= 15 is 0 Å². The number of hydrogen-bond acceptors (Lipinski definition) is 6. The molecule has 0 amide bonds. The maximum atomic E-state index is 10.3. The molecule has 0 fully saturated rings. The molecule has 1 aromatic carbocycles. The summed E-state index contributed by atoms with van der Waals surface area (Å²) in [7, 11) is 1.65. The molecular formula is C26H27N3O3. The third-order valence-electron chi connectivity index (χ3n) is 5.06. The van der Waals surface area contributed by atoms with Crippen molar-refractivity contribution in [2.24, 2.45) is 5.84 Å². The van der Waals surface area contributed by atoms with Gasteiger partial charge in [-0.2, -0.15) is 0 Å². The van der Waals surface area contributed by atoms with E-state index in [0.717, 1.165) is 21.9 Å². The standard InChI is InChI=1S/C26H27N3O3/c1-5-18(2)7-6-8-26(30)29(27)20-9-14-24(19(3)17-20)32-25-15-16-28-23-13-11-21(31-4)10-12-22(23)25/h1,8-9,11-17,30H,2,6-7,10,27H2,3-4H3/b26-8+. The van der Waals surface area contributed by atoms with Gasteiger partial charge in [-0.25, -0.2) is 10.9 Å². The van der Waals surface area contributed by atoms with Crippen molar-refractivity contribution in [3.05, 3.63) is 82.5 Å². The molecule has 0 saturated carbocycles. The normalized spacial score (nSPS) is 12.8. The van der Waals surface area contributed by atoms with Gasteiger partial charge in [0.2, 0.25) is 5.88 Å². The van der Waals surface area contributed by atoms with Gasteiger partial charge in [-0.05, 0) is 73.4 Å². The molecule has 1 aromatic heterocycles. The van der Waals surface area contributed by atoms with Crippen LogP contribution in [0.15, 0.2) is 66.4 Å².